The number of rotatable bonds is 3. The maximum absolute atomic E-state index is 12.4. The molecule has 3 rings (SSSR count). The standard InChI is InChI=1S/C13H16N2O3S/c1-15-12-5-3-2-4-11(12)14-13(15)19(16,17)9-10-6-7-18-8-10/h2-5,10H,6-9H2,1H3. The summed E-state index contributed by atoms with van der Waals surface area (Å²) < 4.78 is 31.8. The fraction of sp³-hybridized carbons (Fsp3) is 0.462. The van der Waals surface area contributed by atoms with Crippen molar-refractivity contribution < 1.29 is 13.2 Å². The van der Waals surface area contributed by atoms with Crippen molar-refractivity contribution in [2.45, 2.75) is 11.6 Å². The van der Waals surface area contributed by atoms with Crippen LogP contribution in [0.25, 0.3) is 11.0 Å². The van der Waals surface area contributed by atoms with Crippen LogP contribution in [0, 0.1) is 5.92 Å². The number of aromatic nitrogens is 2. The Bertz CT molecular complexity index is 700. The quantitative estimate of drug-likeness (QED) is 0.852. The van der Waals surface area contributed by atoms with E-state index in [4.69, 9.17) is 4.74 Å². The monoisotopic (exact) mass is 280 g/mol. The van der Waals surface area contributed by atoms with Crippen LogP contribution < -0.4 is 0 Å². The lowest BCUT2D eigenvalue weighted by Gasteiger charge is -2.08. The molecular weight excluding hydrogens is 264 g/mol. The maximum atomic E-state index is 12.4. The molecule has 0 spiro atoms. The highest BCUT2D eigenvalue weighted by Crippen LogP contribution is 2.22. The van der Waals surface area contributed by atoms with E-state index in [1.807, 2.05) is 24.3 Å². The molecule has 1 fully saturated rings. The number of ether oxygens (including phenoxy) is 1. The van der Waals surface area contributed by atoms with Gasteiger partial charge in [-0.3, -0.25) is 0 Å². The van der Waals surface area contributed by atoms with Crippen molar-refractivity contribution in [3.8, 4) is 0 Å². The molecule has 2 aromatic rings. The normalized spacial score (nSPS) is 20.2. The third-order valence-corrected chi connectivity index (χ3v) is 5.34. The summed E-state index contributed by atoms with van der Waals surface area (Å²) in [5.74, 6) is 0.203. The lowest BCUT2D eigenvalue weighted by atomic mass is 10.2. The number of hydrogen-bond donors (Lipinski definition) is 0. The van der Waals surface area contributed by atoms with E-state index < -0.39 is 9.84 Å². The van der Waals surface area contributed by atoms with Crippen molar-refractivity contribution in [1.29, 1.82) is 0 Å². The van der Waals surface area contributed by atoms with E-state index in [0.29, 0.717) is 18.7 Å². The minimum Gasteiger partial charge on any atom is -0.381 e. The highest BCUT2D eigenvalue weighted by molar-refractivity contribution is 7.91. The smallest absolute Gasteiger partial charge is 0.228 e. The van der Waals surface area contributed by atoms with Gasteiger partial charge in [0, 0.05) is 13.7 Å². The van der Waals surface area contributed by atoms with E-state index in [0.717, 1.165) is 11.9 Å². The molecular formula is C13H16N2O3S. The van der Waals surface area contributed by atoms with E-state index in [1.165, 1.54) is 0 Å². The number of aryl methyl sites for hydroxylation is 1. The number of fused-ring (bicyclic) bond motifs is 1. The second-order valence-electron chi connectivity index (χ2n) is 4.95. The summed E-state index contributed by atoms with van der Waals surface area (Å²) in [7, 11) is -1.62. The van der Waals surface area contributed by atoms with Crippen LogP contribution in [-0.4, -0.2) is 36.9 Å². The van der Waals surface area contributed by atoms with Crippen molar-refractivity contribution in [3.05, 3.63) is 24.3 Å². The largest absolute Gasteiger partial charge is 0.381 e. The molecule has 0 amide bonds. The third-order valence-electron chi connectivity index (χ3n) is 3.50. The van der Waals surface area contributed by atoms with Crippen LogP contribution in [0.3, 0.4) is 0 Å². The van der Waals surface area contributed by atoms with Crippen LogP contribution in [0.4, 0.5) is 0 Å². The van der Waals surface area contributed by atoms with Gasteiger partial charge in [0.25, 0.3) is 0 Å². The molecule has 0 saturated carbocycles. The molecule has 6 heteroatoms. The average Bonchev–Trinajstić information content (AvgIpc) is 2.98. The predicted molar refractivity (Wildman–Crippen MR) is 71.7 cm³/mol. The first-order valence-electron chi connectivity index (χ1n) is 6.30. The van der Waals surface area contributed by atoms with E-state index >= 15 is 0 Å². The first-order valence-corrected chi connectivity index (χ1v) is 7.95. The summed E-state index contributed by atoms with van der Waals surface area (Å²) in [5.41, 5.74) is 1.55. The van der Waals surface area contributed by atoms with E-state index in [-0.39, 0.29) is 16.8 Å². The van der Waals surface area contributed by atoms with Crippen LogP contribution in [-0.2, 0) is 21.6 Å². The zero-order chi connectivity index (χ0) is 13.5. The first kappa shape index (κ1) is 12.6. The Morgan fingerprint density at radius 1 is 1.42 bits per heavy atom. The van der Waals surface area contributed by atoms with Crippen molar-refractivity contribution in [3.63, 3.8) is 0 Å². The van der Waals surface area contributed by atoms with Crippen LogP contribution >= 0.6 is 0 Å². The van der Waals surface area contributed by atoms with Gasteiger partial charge in [-0.25, -0.2) is 13.4 Å². The maximum Gasteiger partial charge on any atom is 0.228 e. The molecule has 0 aliphatic carbocycles. The number of sulfone groups is 1. The minimum absolute atomic E-state index is 0.0878. The molecule has 1 atom stereocenters. The summed E-state index contributed by atoms with van der Waals surface area (Å²) in [6, 6.07) is 7.44. The molecule has 1 saturated heterocycles. The van der Waals surface area contributed by atoms with Gasteiger partial charge in [-0.05, 0) is 24.5 Å². The van der Waals surface area contributed by atoms with Crippen LogP contribution in [0.2, 0.25) is 0 Å². The Hall–Kier alpha value is -1.40. The molecule has 0 N–H and O–H groups in total. The van der Waals surface area contributed by atoms with Gasteiger partial charge in [-0.1, -0.05) is 12.1 Å². The van der Waals surface area contributed by atoms with Crippen LogP contribution in [0.15, 0.2) is 29.4 Å². The van der Waals surface area contributed by atoms with Gasteiger partial charge < -0.3 is 9.30 Å². The summed E-state index contributed by atoms with van der Waals surface area (Å²) in [6.07, 6.45) is 0.809. The van der Waals surface area contributed by atoms with E-state index in [1.54, 1.807) is 11.6 Å². The van der Waals surface area contributed by atoms with Crippen LogP contribution in [0.5, 0.6) is 0 Å². The van der Waals surface area contributed by atoms with Crippen molar-refractivity contribution in [2.24, 2.45) is 13.0 Å². The Labute approximate surface area is 112 Å². The van der Waals surface area contributed by atoms with Gasteiger partial charge in [0.1, 0.15) is 0 Å². The van der Waals surface area contributed by atoms with Gasteiger partial charge in [0.2, 0.25) is 15.0 Å². The molecule has 1 aromatic carbocycles. The zero-order valence-corrected chi connectivity index (χ0v) is 11.6. The topological polar surface area (TPSA) is 61.2 Å². The van der Waals surface area contributed by atoms with Gasteiger partial charge in [0.15, 0.2) is 0 Å². The fourth-order valence-corrected chi connectivity index (χ4v) is 4.29. The molecule has 19 heavy (non-hydrogen) atoms. The molecule has 0 bridgehead atoms. The second kappa shape index (κ2) is 4.61. The molecule has 2 heterocycles. The van der Waals surface area contributed by atoms with E-state index in [9.17, 15) is 8.42 Å². The van der Waals surface area contributed by atoms with Crippen molar-refractivity contribution in [1.82, 2.24) is 9.55 Å². The number of para-hydroxylation sites is 2. The van der Waals surface area contributed by atoms with E-state index in [2.05, 4.69) is 4.98 Å². The molecule has 1 aromatic heterocycles. The van der Waals surface area contributed by atoms with Crippen molar-refractivity contribution >= 4 is 20.9 Å². The summed E-state index contributed by atoms with van der Waals surface area (Å²) in [6.45, 7) is 1.19. The molecule has 1 aliphatic rings. The third kappa shape index (κ3) is 2.26. The molecule has 5 nitrogen and oxygen atoms in total. The van der Waals surface area contributed by atoms with Gasteiger partial charge in [-0.15, -0.1) is 0 Å². The molecule has 1 aliphatic heterocycles. The minimum atomic E-state index is -3.36. The Morgan fingerprint density at radius 2 is 2.21 bits per heavy atom. The molecule has 0 radical (unpaired) electrons. The molecule has 102 valence electrons. The highest BCUT2D eigenvalue weighted by atomic mass is 32.2. The SMILES string of the molecule is Cn1c(S(=O)(=O)CC2CCOC2)nc2ccccc21. The predicted octanol–water partition coefficient (Wildman–Crippen LogP) is 1.38. The second-order valence-corrected chi connectivity index (χ2v) is 6.88. The Kier molecular flexibility index (Phi) is 3.06. The molecule has 1 unspecified atom stereocenters. The van der Waals surface area contributed by atoms with Gasteiger partial charge in [-0.2, -0.15) is 0 Å². The lowest BCUT2D eigenvalue weighted by Crippen LogP contribution is -2.19. The summed E-state index contributed by atoms with van der Waals surface area (Å²) >= 11 is 0. The zero-order valence-electron chi connectivity index (χ0n) is 10.7. The Morgan fingerprint density at radius 3 is 2.89 bits per heavy atom. The number of benzene rings is 1. The van der Waals surface area contributed by atoms with Gasteiger partial charge in [0.05, 0.1) is 23.4 Å². The fourth-order valence-electron chi connectivity index (χ4n) is 2.50. The summed E-state index contributed by atoms with van der Waals surface area (Å²) in [4.78, 5) is 4.26. The average molecular weight is 280 g/mol. The lowest BCUT2D eigenvalue weighted by molar-refractivity contribution is 0.188. The van der Waals surface area contributed by atoms with Gasteiger partial charge >= 0.3 is 0 Å². The first-order chi connectivity index (χ1) is 9.08. The Balaban J connectivity index is 2.00. The van der Waals surface area contributed by atoms with Crippen molar-refractivity contribution in [2.75, 3.05) is 19.0 Å². The number of hydrogen-bond acceptors (Lipinski definition) is 4. The number of nitrogens with zero attached hydrogens (tertiary/aromatic N) is 2. The highest BCUT2D eigenvalue weighted by Gasteiger charge is 2.28. The summed E-state index contributed by atoms with van der Waals surface area (Å²) in [5, 5.41) is 0.153. The number of imidazole rings is 1. The van der Waals surface area contributed by atoms with Crippen LogP contribution in [0.1, 0.15) is 6.42 Å².